The van der Waals surface area contributed by atoms with Gasteiger partial charge in [-0.3, -0.25) is 0 Å². The molecule has 0 radical (unpaired) electrons. The monoisotopic (exact) mass is 226 g/mol. The van der Waals surface area contributed by atoms with Gasteiger partial charge in [0.1, 0.15) is 0 Å². The Bertz CT molecular complexity index is 392. The highest BCUT2D eigenvalue weighted by Crippen LogP contribution is 2.14. The van der Waals surface area contributed by atoms with Crippen LogP contribution in [0.25, 0.3) is 0 Å². The van der Waals surface area contributed by atoms with E-state index in [0.717, 1.165) is 0 Å². The number of thiol groups is 1. The Labute approximate surface area is 93.4 Å². The van der Waals surface area contributed by atoms with Gasteiger partial charge in [-0.05, 0) is 30.1 Å². The molecule has 6 heteroatoms. The van der Waals surface area contributed by atoms with Crippen LogP contribution in [0.4, 0.5) is 0 Å². The van der Waals surface area contributed by atoms with Gasteiger partial charge in [-0.25, -0.2) is 4.79 Å². The van der Waals surface area contributed by atoms with Crippen molar-refractivity contribution in [1.82, 2.24) is 0 Å². The fourth-order valence-electron chi connectivity index (χ4n) is 1.22. The number of hydrogen-bond donors (Lipinski definition) is 3. The first-order valence-electron chi connectivity index (χ1n) is 4.25. The van der Waals surface area contributed by atoms with E-state index in [9.17, 15) is 4.79 Å². The van der Waals surface area contributed by atoms with Crippen molar-refractivity contribution in [3.63, 3.8) is 0 Å². The molecule has 1 aromatic rings. The van der Waals surface area contributed by atoms with Gasteiger partial charge in [-0.15, -0.1) is 12.6 Å². The lowest BCUT2D eigenvalue weighted by Crippen LogP contribution is -2.33. The van der Waals surface area contributed by atoms with Crippen molar-refractivity contribution < 1.29 is 19.6 Å². The minimum Gasteiger partial charge on any atom is -0.465 e. The van der Waals surface area contributed by atoms with Crippen LogP contribution in [-0.4, -0.2) is 30.2 Å². The maximum absolute atomic E-state index is 11.2. The quantitative estimate of drug-likeness (QED) is 0.369. The smallest absolute Gasteiger partial charge is 0.465 e. The van der Waals surface area contributed by atoms with E-state index < -0.39 is 13.1 Å². The van der Waals surface area contributed by atoms with Crippen LogP contribution in [0, 0.1) is 6.92 Å². The van der Waals surface area contributed by atoms with Crippen molar-refractivity contribution in [2.24, 2.45) is 0 Å². The second-order valence-electron chi connectivity index (χ2n) is 3.07. The number of ether oxygens (including phenoxy) is 1. The first-order chi connectivity index (χ1) is 6.97. The predicted molar refractivity (Wildman–Crippen MR) is 59.6 cm³/mol. The summed E-state index contributed by atoms with van der Waals surface area (Å²) >= 11 is 4.14. The molecule has 1 rings (SSSR count). The molecule has 0 saturated heterocycles. The van der Waals surface area contributed by atoms with Gasteiger partial charge in [0.15, 0.2) is 0 Å². The largest absolute Gasteiger partial charge is 0.488 e. The lowest BCUT2D eigenvalue weighted by molar-refractivity contribution is 0.0600. The molecule has 0 spiro atoms. The molecular weight excluding hydrogens is 215 g/mol. The molecule has 2 N–H and O–H groups in total. The number of methoxy groups -OCH3 is 1. The number of benzene rings is 1. The first-order valence-corrected chi connectivity index (χ1v) is 4.70. The van der Waals surface area contributed by atoms with Crippen LogP contribution < -0.4 is 5.46 Å². The highest BCUT2D eigenvalue weighted by atomic mass is 32.1. The van der Waals surface area contributed by atoms with E-state index in [1.165, 1.54) is 19.2 Å². The van der Waals surface area contributed by atoms with Gasteiger partial charge in [-0.2, -0.15) is 0 Å². The topological polar surface area (TPSA) is 66.8 Å². The minimum atomic E-state index is -1.62. The van der Waals surface area contributed by atoms with Crippen LogP contribution in [0.2, 0.25) is 0 Å². The molecule has 0 aliphatic heterocycles. The molecule has 0 heterocycles. The number of carbonyl (C=O) groups excluding carboxylic acids is 1. The molecule has 1 aromatic carbocycles. The van der Waals surface area contributed by atoms with E-state index in [2.05, 4.69) is 17.4 Å². The van der Waals surface area contributed by atoms with Crippen molar-refractivity contribution in [2.45, 2.75) is 11.8 Å². The predicted octanol–water partition coefficient (Wildman–Crippen LogP) is -0.250. The highest BCUT2D eigenvalue weighted by Gasteiger charge is 2.19. The van der Waals surface area contributed by atoms with E-state index in [0.29, 0.717) is 10.5 Å². The van der Waals surface area contributed by atoms with E-state index in [-0.39, 0.29) is 11.0 Å². The van der Waals surface area contributed by atoms with Crippen molar-refractivity contribution in [2.75, 3.05) is 7.11 Å². The number of carbonyl (C=O) groups is 1. The lowest BCUT2D eigenvalue weighted by atomic mass is 9.76. The Hall–Kier alpha value is -0.975. The van der Waals surface area contributed by atoms with Gasteiger partial charge in [0, 0.05) is 4.90 Å². The van der Waals surface area contributed by atoms with Crippen molar-refractivity contribution in [3.8, 4) is 0 Å². The van der Waals surface area contributed by atoms with Gasteiger partial charge in [0.25, 0.3) is 0 Å². The first kappa shape index (κ1) is 12.1. The molecule has 0 aromatic heterocycles. The van der Waals surface area contributed by atoms with Gasteiger partial charge < -0.3 is 14.8 Å². The zero-order valence-electron chi connectivity index (χ0n) is 8.39. The average Bonchev–Trinajstić information content (AvgIpc) is 2.20. The summed E-state index contributed by atoms with van der Waals surface area (Å²) in [7, 11) is -0.365. The van der Waals surface area contributed by atoms with Crippen LogP contribution in [0.1, 0.15) is 15.9 Å². The van der Waals surface area contributed by atoms with Crippen molar-refractivity contribution >= 4 is 31.2 Å². The standard InChI is InChI=1S/C9H11BO4S/c1-5-7(10(12)13)3-6(4-8(5)15)9(11)14-2/h3-4,12-13,15H,1-2H3. The second kappa shape index (κ2) is 4.70. The van der Waals surface area contributed by atoms with Gasteiger partial charge in [0.2, 0.25) is 0 Å². The number of hydrogen-bond acceptors (Lipinski definition) is 5. The summed E-state index contributed by atoms with van der Waals surface area (Å²) in [4.78, 5) is 11.7. The molecule has 0 aliphatic carbocycles. The molecule has 0 fully saturated rings. The SMILES string of the molecule is COC(=O)c1cc(S)c(C)c(B(O)O)c1. The third-order valence-corrected chi connectivity index (χ3v) is 2.58. The van der Waals surface area contributed by atoms with Crippen LogP contribution in [0.15, 0.2) is 17.0 Å². The van der Waals surface area contributed by atoms with E-state index in [1.807, 2.05) is 0 Å². The fourth-order valence-corrected chi connectivity index (χ4v) is 1.49. The number of rotatable bonds is 2. The zero-order chi connectivity index (χ0) is 11.6. The Morgan fingerprint density at radius 3 is 2.53 bits per heavy atom. The van der Waals surface area contributed by atoms with Crippen LogP contribution in [-0.2, 0) is 4.74 Å². The zero-order valence-corrected chi connectivity index (χ0v) is 9.28. The molecule has 80 valence electrons. The normalized spacial score (nSPS) is 9.93. The van der Waals surface area contributed by atoms with E-state index >= 15 is 0 Å². The van der Waals surface area contributed by atoms with Crippen LogP contribution >= 0.6 is 12.6 Å². The minimum absolute atomic E-state index is 0.246. The third kappa shape index (κ3) is 2.53. The Kier molecular flexibility index (Phi) is 3.79. The Balaban J connectivity index is 3.29. The maximum Gasteiger partial charge on any atom is 0.488 e. The summed E-state index contributed by atoms with van der Waals surface area (Å²) in [6, 6.07) is 2.90. The summed E-state index contributed by atoms with van der Waals surface area (Å²) in [6.07, 6.45) is 0. The summed E-state index contributed by atoms with van der Waals surface area (Å²) in [5.41, 5.74) is 1.13. The third-order valence-electron chi connectivity index (χ3n) is 2.12. The van der Waals surface area contributed by atoms with E-state index in [1.54, 1.807) is 6.92 Å². The molecule has 4 nitrogen and oxygen atoms in total. The van der Waals surface area contributed by atoms with Gasteiger partial charge >= 0.3 is 13.1 Å². The van der Waals surface area contributed by atoms with E-state index in [4.69, 9.17) is 10.0 Å². The molecule has 15 heavy (non-hydrogen) atoms. The van der Waals surface area contributed by atoms with Crippen LogP contribution in [0.5, 0.6) is 0 Å². The molecule has 0 amide bonds. The molecule has 0 bridgehead atoms. The second-order valence-corrected chi connectivity index (χ2v) is 3.56. The average molecular weight is 226 g/mol. The molecule has 0 unspecified atom stereocenters. The molecule has 0 atom stereocenters. The summed E-state index contributed by atoms with van der Waals surface area (Å²) < 4.78 is 4.53. The maximum atomic E-state index is 11.2. The molecule has 0 aliphatic rings. The molecule has 0 saturated carbocycles. The fraction of sp³-hybridized carbons (Fsp3) is 0.222. The van der Waals surface area contributed by atoms with Crippen molar-refractivity contribution in [1.29, 1.82) is 0 Å². The summed E-state index contributed by atoms with van der Waals surface area (Å²) in [5, 5.41) is 18.2. The van der Waals surface area contributed by atoms with Gasteiger partial charge in [-0.1, -0.05) is 0 Å². The Morgan fingerprint density at radius 2 is 2.07 bits per heavy atom. The molecular formula is C9H11BO4S. The number of esters is 1. The highest BCUT2D eigenvalue weighted by molar-refractivity contribution is 7.80. The summed E-state index contributed by atoms with van der Waals surface area (Å²) in [5.74, 6) is -0.535. The Morgan fingerprint density at radius 1 is 1.47 bits per heavy atom. The van der Waals surface area contributed by atoms with Gasteiger partial charge in [0.05, 0.1) is 12.7 Å². The summed E-state index contributed by atoms with van der Waals surface area (Å²) in [6.45, 7) is 1.69. The van der Waals surface area contributed by atoms with Crippen LogP contribution in [0.3, 0.4) is 0 Å². The lowest BCUT2D eigenvalue weighted by Gasteiger charge is -2.09. The van der Waals surface area contributed by atoms with Crippen molar-refractivity contribution in [3.05, 3.63) is 23.3 Å².